The van der Waals surface area contributed by atoms with E-state index in [1.165, 1.54) is 4.90 Å². The molecule has 0 radical (unpaired) electrons. The maximum absolute atomic E-state index is 13.1. The van der Waals surface area contributed by atoms with E-state index in [0.717, 1.165) is 22.3 Å². The van der Waals surface area contributed by atoms with Crippen molar-refractivity contribution in [3.8, 4) is 11.1 Å². The summed E-state index contributed by atoms with van der Waals surface area (Å²) in [5, 5.41) is 17.1. The monoisotopic (exact) mass is 753 g/mol. The summed E-state index contributed by atoms with van der Waals surface area (Å²) in [6.07, 6.45) is -2.43. The molecule has 0 heterocycles. The molecule has 1 aliphatic carbocycles. The summed E-state index contributed by atoms with van der Waals surface area (Å²) in [7, 11) is 0. The van der Waals surface area contributed by atoms with Gasteiger partial charge in [-0.05, 0) is 104 Å². The Morgan fingerprint density at radius 3 is 1.70 bits per heavy atom. The fourth-order valence-electron chi connectivity index (χ4n) is 5.51. The van der Waals surface area contributed by atoms with Gasteiger partial charge in [-0.1, -0.05) is 48.5 Å². The summed E-state index contributed by atoms with van der Waals surface area (Å²) < 4.78 is 21.7. The summed E-state index contributed by atoms with van der Waals surface area (Å²) in [5.74, 6) is -1.64. The lowest BCUT2D eigenvalue weighted by atomic mass is 9.98. The first kappa shape index (κ1) is 43.1. The number of carbonyl (C=O) groups is 5. The van der Waals surface area contributed by atoms with Crippen LogP contribution in [0.15, 0.2) is 53.5 Å². The molecule has 54 heavy (non-hydrogen) atoms. The van der Waals surface area contributed by atoms with Crippen molar-refractivity contribution >= 4 is 36.3 Å². The summed E-state index contributed by atoms with van der Waals surface area (Å²) in [5.41, 5.74) is 1.79. The van der Waals surface area contributed by atoms with Crippen LogP contribution in [0.5, 0.6) is 0 Å². The molecule has 1 aliphatic rings. The second kappa shape index (κ2) is 18.6. The Kier molecular flexibility index (Phi) is 14.8. The Bertz CT molecular complexity index is 1600. The van der Waals surface area contributed by atoms with Crippen LogP contribution < -0.4 is 16.0 Å². The van der Waals surface area contributed by atoms with Gasteiger partial charge >= 0.3 is 30.3 Å². The number of unbranched alkanes of at least 4 members (excludes halogenated alkanes) is 1. The number of carbonyl (C=O) groups excluding carboxylic acids is 4. The van der Waals surface area contributed by atoms with Gasteiger partial charge in [0, 0.05) is 19.0 Å². The molecule has 0 saturated carbocycles. The molecule has 2 aromatic rings. The molecule has 0 unspecified atom stereocenters. The largest absolute Gasteiger partial charge is 0.480 e. The van der Waals surface area contributed by atoms with Crippen LogP contribution in [0, 0.1) is 0 Å². The van der Waals surface area contributed by atoms with Crippen LogP contribution in [-0.2, 0) is 23.7 Å². The molecule has 3 rings (SSSR count). The third-order valence-corrected chi connectivity index (χ3v) is 7.63. The number of guanidine groups is 1. The van der Waals surface area contributed by atoms with Gasteiger partial charge in [0.05, 0.1) is 6.54 Å². The van der Waals surface area contributed by atoms with Gasteiger partial charge in [-0.2, -0.15) is 0 Å². The number of carboxylic acid groups (broad SMARTS) is 1. The van der Waals surface area contributed by atoms with Crippen molar-refractivity contribution < 1.29 is 48.0 Å². The summed E-state index contributed by atoms with van der Waals surface area (Å²) in [4.78, 5) is 68.6. The molecule has 1 atom stereocenters. The molecule has 0 bridgehead atoms. The average molecular weight is 754 g/mol. The van der Waals surface area contributed by atoms with Crippen LogP contribution >= 0.6 is 0 Å². The number of alkyl carbamates (subject to hydrolysis) is 3. The quantitative estimate of drug-likeness (QED) is 0.0776. The molecular formula is C39H55N5O10. The third kappa shape index (κ3) is 14.6. The molecule has 0 fully saturated rings. The minimum atomic E-state index is -1.22. The summed E-state index contributed by atoms with van der Waals surface area (Å²) >= 11 is 0. The predicted molar refractivity (Wildman–Crippen MR) is 202 cm³/mol. The number of fused-ring (bicyclic) bond motifs is 3. The van der Waals surface area contributed by atoms with E-state index in [1.807, 2.05) is 48.5 Å². The van der Waals surface area contributed by atoms with Crippen LogP contribution in [-0.4, -0.2) is 95.4 Å². The number of nitrogens with zero attached hydrogens (tertiary/aromatic N) is 2. The SMILES string of the molecule is CC(C)(C)OC(=O)NC(=NCCN(CCCC[C@H](NC(=O)OCC1c2ccccc2-c2ccccc21)C(=O)O)C(=O)OC(C)(C)C)NC(=O)OC(C)(C)C. The van der Waals surface area contributed by atoms with Crippen LogP contribution in [0.1, 0.15) is 98.6 Å². The zero-order valence-corrected chi connectivity index (χ0v) is 32.7. The Balaban J connectivity index is 1.60. The third-order valence-electron chi connectivity index (χ3n) is 7.63. The number of nitrogens with one attached hydrogen (secondary N) is 3. The first-order valence-corrected chi connectivity index (χ1v) is 18.0. The van der Waals surface area contributed by atoms with E-state index in [0.29, 0.717) is 12.8 Å². The van der Waals surface area contributed by atoms with Gasteiger partial charge in [0.25, 0.3) is 0 Å². The highest BCUT2D eigenvalue weighted by atomic mass is 16.6. The Morgan fingerprint density at radius 2 is 1.22 bits per heavy atom. The molecular weight excluding hydrogens is 698 g/mol. The van der Waals surface area contributed by atoms with Gasteiger partial charge in [0.15, 0.2) is 0 Å². The van der Waals surface area contributed by atoms with Gasteiger partial charge in [-0.3, -0.25) is 15.6 Å². The number of hydrogen-bond acceptors (Lipinski definition) is 10. The van der Waals surface area contributed by atoms with Gasteiger partial charge in [0.1, 0.15) is 29.5 Å². The van der Waals surface area contributed by atoms with E-state index >= 15 is 0 Å². The molecule has 0 spiro atoms. The molecule has 4 N–H and O–H groups in total. The van der Waals surface area contributed by atoms with Crippen LogP contribution in [0.3, 0.4) is 0 Å². The van der Waals surface area contributed by atoms with Crippen molar-refractivity contribution in [1.82, 2.24) is 20.9 Å². The minimum absolute atomic E-state index is 0.0186. The van der Waals surface area contributed by atoms with Crippen molar-refractivity contribution in [3.05, 3.63) is 59.7 Å². The highest BCUT2D eigenvalue weighted by Gasteiger charge is 2.30. The average Bonchev–Trinajstić information content (AvgIpc) is 3.34. The van der Waals surface area contributed by atoms with Crippen LogP contribution in [0.2, 0.25) is 0 Å². The minimum Gasteiger partial charge on any atom is -0.480 e. The summed E-state index contributed by atoms with van der Waals surface area (Å²) in [6.45, 7) is 15.4. The Morgan fingerprint density at radius 1 is 0.722 bits per heavy atom. The smallest absolute Gasteiger partial charge is 0.414 e. The lowest BCUT2D eigenvalue weighted by Crippen LogP contribution is -2.47. The molecule has 2 aromatic carbocycles. The number of amides is 4. The van der Waals surface area contributed by atoms with Gasteiger partial charge in [-0.15, -0.1) is 0 Å². The molecule has 4 amide bonds. The van der Waals surface area contributed by atoms with Crippen LogP contribution in [0.4, 0.5) is 19.2 Å². The van der Waals surface area contributed by atoms with Crippen molar-refractivity contribution in [2.45, 2.75) is 110 Å². The molecule has 0 aliphatic heterocycles. The van der Waals surface area contributed by atoms with E-state index in [1.54, 1.807) is 62.3 Å². The van der Waals surface area contributed by atoms with Crippen molar-refractivity contribution in [3.63, 3.8) is 0 Å². The number of aliphatic imine (C=N–C) groups is 1. The lowest BCUT2D eigenvalue weighted by molar-refractivity contribution is -0.139. The van der Waals surface area contributed by atoms with E-state index in [2.05, 4.69) is 20.9 Å². The Hall–Kier alpha value is -5.34. The van der Waals surface area contributed by atoms with Gasteiger partial charge in [0.2, 0.25) is 5.96 Å². The summed E-state index contributed by atoms with van der Waals surface area (Å²) in [6, 6.07) is 14.6. The zero-order valence-electron chi connectivity index (χ0n) is 32.7. The maximum Gasteiger partial charge on any atom is 0.414 e. The standard InChI is InChI=1S/C39H55N5O10/c1-37(2,3)52-34(48)42-32(43-35(49)53-38(4,5)6)40-21-23-44(36(50)54-39(7,8)9)22-15-14-20-30(31(45)46)41-33(47)51-24-29-27-18-12-10-16-25(27)26-17-11-13-19-28(26)29/h10-13,16-19,29-30H,14-15,20-24H2,1-9H3,(H,41,47)(H,45,46)(H2,40,42,43,48,49)/t30-/m0/s1. The first-order valence-electron chi connectivity index (χ1n) is 18.0. The van der Waals surface area contributed by atoms with E-state index in [-0.39, 0.29) is 44.5 Å². The fourth-order valence-corrected chi connectivity index (χ4v) is 5.51. The van der Waals surface area contributed by atoms with E-state index < -0.39 is 53.2 Å². The second-order valence-corrected chi connectivity index (χ2v) is 15.8. The number of rotatable bonds is 12. The topological polar surface area (TPSA) is 194 Å². The molecule has 15 heteroatoms. The number of benzene rings is 2. The number of hydrogen-bond donors (Lipinski definition) is 4. The van der Waals surface area contributed by atoms with E-state index in [9.17, 15) is 29.1 Å². The molecule has 0 saturated heterocycles. The second-order valence-electron chi connectivity index (χ2n) is 15.8. The molecule has 296 valence electrons. The highest BCUT2D eigenvalue weighted by molar-refractivity contribution is 6.01. The van der Waals surface area contributed by atoms with Crippen molar-refractivity contribution in [1.29, 1.82) is 0 Å². The normalized spacial score (nSPS) is 13.0. The number of aliphatic carboxylic acids is 1. The van der Waals surface area contributed by atoms with Gasteiger partial charge in [-0.25, -0.2) is 24.0 Å². The fraction of sp³-hybridized carbons (Fsp3) is 0.538. The first-order chi connectivity index (χ1) is 25.1. The van der Waals surface area contributed by atoms with Crippen molar-refractivity contribution in [2.75, 3.05) is 26.2 Å². The zero-order chi connectivity index (χ0) is 40.3. The number of ether oxygens (including phenoxy) is 4. The highest BCUT2D eigenvalue weighted by Crippen LogP contribution is 2.44. The lowest BCUT2D eigenvalue weighted by Gasteiger charge is -2.27. The molecule has 15 nitrogen and oxygen atoms in total. The number of carboxylic acids is 1. The predicted octanol–water partition coefficient (Wildman–Crippen LogP) is 6.79. The molecule has 0 aromatic heterocycles. The van der Waals surface area contributed by atoms with E-state index in [4.69, 9.17) is 18.9 Å². The van der Waals surface area contributed by atoms with Crippen molar-refractivity contribution in [2.24, 2.45) is 4.99 Å². The van der Waals surface area contributed by atoms with Crippen LogP contribution in [0.25, 0.3) is 11.1 Å². The maximum atomic E-state index is 13.1. The van der Waals surface area contributed by atoms with Gasteiger partial charge < -0.3 is 34.3 Å². The Labute approximate surface area is 317 Å².